The fourth-order valence-corrected chi connectivity index (χ4v) is 3.49. The number of carbonyl (C=O) groups excluding carboxylic acids is 3. The average Bonchev–Trinajstić information content (AvgIpc) is 3.07. The molecule has 2 aliphatic heterocycles. The number of aromatic nitrogens is 3. The summed E-state index contributed by atoms with van der Waals surface area (Å²) < 4.78 is 7.43. The van der Waals surface area contributed by atoms with Crippen molar-refractivity contribution in [1.29, 1.82) is 0 Å². The molecule has 0 bridgehead atoms. The van der Waals surface area contributed by atoms with Crippen LogP contribution < -0.4 is 0 Å². The second-order valence-electron chi connectivity index (χ2n) is 6.85. The third kappa shape index (κ3) is 3.29. The minimum atomic E-state index is -0.348. The number of fused-ring (bicyclic) bond motifs is 2. The van der Waals surface area contributed by atoms with Crippen molar-refractivity contribution < 1.29 is 19.1 Å². The molecule has 0 atom stereocenters. The fourth-order valence-electron chi connectivity index (χ4n) is 3.49. The Balaban J connectivity index is 1.37. The Morgan fingerprint density at radius 3 is 2.57 bits per heavy atom. The number of benzene rings is 1. The second kappa shape index (κ2) is 7.51. The molecule has 1 aromatic heterocycles. The van der Waals surface area contributed by atoms with Crippen molar-refractivity contribution in [3.05, 3.63) is 47.0 Å². The summed E-state index contributed by atoms with van der Waals surface area (Å²) >= 11 is 0. The SMILES string of the molecule is CN(Cc1nnc2n1CCOCC2)C(=O)CCN1C(=O)c2ccccc2C1=O. The van der Waals surface area contributed by atoms with Crippen LogP contribution in [0.15, 0.2) is 24.3 Å². The number of carbonyl (C=O) groups is 3. The first-order chi connectivity index (χ1) is 13.6. The Bertz CT molecular complexity index is 903. The molecule has 146 valence electrons. The molecule has 9 nitrogen and oxygen atoms in total. The highest BCUT2D eigenvalue weighted by Crippen LogP contribution is 2.22. The van der Waals surface area contributed by atoms with Crippen LogP contribution in [0.1, 0.15) is 38.8 Å². The summed E-state index contributed by atoms with van der Waals surface area (Å²) in [6, 6.07) is 6.70. The van der Waals surface area contributed by atoms with E-state index >= 15 is 0 Å². The van der Waals surface area contributed by atoms with Crippen molar-refractivity contribution in [3.63, 3.8) is 0 Å². The Kier molecular flexibility index (Phi) is 4.91. The van der Waals surface area contributed by atoms with Crippen LogP contribution in [0, 0.1) is 0 Å². The molecular weight excluding hydrogens is 362 g/mol. The predicted octanol–water partition coefficient (Wildman–Crippen LogP) is 0.496. The quantitative estimate of drug-likeness (QED) is 0.698. The molecule has 4 rings (SSSR count). The molecule has 3 heterocycles. The first kappa shape index (κ1) is 18.3. The van der Waals surface area contributed by atoms with Crippen LogP contribution in [0.4, 0.5) is 0 Å². The van der Waals surface area contributed by atoms with Gasteiger partial charge in [0, 0.05) is 33.0 Å². The van der Waals surface area contributed by atoms with Crippen LogP contribution in [0.3, 0.4) is 0 Å². The molecule has 9 heteroatoms. The van der Waals surface area contributed by atoms with Gasteiger partial charge in [0.2, 0.25) is 5.91 Å². The number of imide groups is 1. The molecule has 0 radical (unpaired) electrons. The summed E-state index contributed by atoms with van der Waals surface area (Å²) in [5, 5.41) is 8.37. The van der Waals surface area contributed by atoms with E-state index in [-0.39, 0.29) is 30.7 Å². The maximum atomic E-state index is 12.5. The molecule has 1 aromatic carbocycles. The minimum absolute atomic E-state index is 0.0568. The van der Waals surface area contributed by atoms with Crippen LogP contribution in [0.25, 0.3) is 0 Å². The highest BCUT2D eigenvalue weighted by Gasteiger charge is 2.35. The fraction of sp³-hybridized carbons (Fsp3) is 0.421. The molecule has 0 N–H and O–H groups in total. The van der Waals surface area contributed by atoms with E-state index in [1.54, 1.807) is 36.2 Å². The monoisotopic (exact) mass is 383 g/mol. The largest absolute Gasteiger partial charge is 0.379 e. The molecule has 2 aromatic rings. The summed E-state index contributed by atoms with van der Waals surface area (Å²) in [5.41, 5.74) is 0.781. The molecule has 0 spiro atoms. The Morgan fingerprint density at radius 2 is 1.86 bits per heavy atom. The molecule has 0 saturated carbocycles. The molecule has 0 fully saturated rings. The topological polar surface area (TPSA) is 97.6 Å². The van der Waals surface area contributed by atoms with Crippen LogP contribution in [0.5, 0.6) is 0 Å². The van der Waals surface area contributed by atoms with Gasteiger partial charge < -0.3 is 14.2 Å². The zero-order valence-corrected chi connectivity index (χ0v) is 15.6. The standard InChI is InChI=1S/C19H21N5O4/c1-22(12-16-21-20-15-7-10-28-11-9-23(15)16)17(25)6-8-24-18(26)13-4-2-3-5-14(13)19(24)27/h2-5H,6-12H2,1H3. The van der Waals surface area contributed by atoms with Crippen LogP contribution >= 0.6 is 0 Å². The van der Waals surface area contributed by atoms with Gasteiger partial charge in [0.1, 0.15) is 5.82 Å². The number of nitrogens with zero attached hydrogens (tertiary/aromatic N) is 5. The number of amides is 3. The number of hydrogen-bond donors (Lipinski definition) is 0. The highest BCUT2D eigenvalue weighted by atomic mass is 16.5. The summed E-state index contributed by atoms with van der Waals surface area (Å²) in [4.78, 5) is 40.0. The molecule has 0 saturated heterocycles. The molecule has 0 aliphatic carbocycles. The van der Waals surface area contributed by atoms with Crippen LogP contribution in [0.2, 0.25) is 0 Å². The summed E-state index contributed by atoms with van der Waals surface area (Å²) in [6.07, 6.45) is 0.760. The lowest BCUT2D eigenvalue weighted by Crippen LogP contribution is -2.35. The maximum Gasteiger partial charge on any atom is 0.261 e. The van der Waals surface area contributed by atoms with Crippen molar-refractivity contribution in [2.75, 3.05) is 26.8 Å². The summed E-state index contributed by atoms with van der Waals surface area (Å²) in [7, 11) is 1.68. The van der Waals surface area contributed by atoms with E-state index in [1.807, 2.05) is 4.57 Å². The number of hydrogen-bond acceptors (Lipinski definition) is 6. The first-order valence-corrected chi connectivity index (χ1v) is 9.24. The maximum absolute atomic E-state index is 12.5. The van der Waals surface area contributed by atoms with E-state index in [4.69, 9.17) is 4.74 Å². The van der Waals surface area contributed by atoms with Gasteiger partial charge in [-0.3, -0.25) is 19.3 Å². The number of rotatable bonds is 5. The third-order valence-electron chi connectivity index (χ3n) is 5.07. The zero-order chi connectivity index (χ0) is 19.7. The summed E-state index contributed by atoms with van der Waals surface area (Å²) in [6.45, 7) is 2.24. The molecular formula is C19H21N5O4. The van der Waals surface area contributed by atoms with Crippen LogP contribution in [-0.2, 0) is 29.0 Å². The van der Waals surface area contributed by atoms with Crippen molar-refractivity contribution in [2.24, 2.45) is 0 Å². The normalized spacial score (nSPS) is 16.0. The Hall–Kier alpha value is -3.07. The first-order valence-electron chi connectivity index (χ1n) is 9.24. The predicted molar refractivity (Wildman–Crippen MR) is 97.4 cm³/mol. The zero-order valence-electron chi connectivity index (χ0n) is 15.6. The minimum Gasteiger partial charge on any atom is -0.379 e. The van der Waals surface area contributed by atoms with Gasteiger partial charge in [-0.1, -0.05) is 12.1 Å². The third-order valence-corrected chi connectivity index (χ3v) is 5.07. The second-order valence-corrected chi connectivity index (χ2v) is 6.85. The highest BCUT2D eigenvalue weighted by molar-refractivity contribution is 6.21. The van der Waals surface area contributed by atoms with E-state index in [2.05, 4.69) is 10.2 Å². The molecule has 28 heavy (non-hydrogen) atoms. The van der Waals surface area contributed by atoms with E-state index in [9.17, 15) is 14.4 Å². The smallest absolute Gasteiger partial charge is 0.261 e. The van der Waals surface area contributed by atoms with E-state index in [1.165, 1.54) is 0 Å². The van der Waals surface area contributed by atoms with Gasteiger partial charge in [0.25, 0.3) is 11.8 Å². The van der Waals surface area contributed by atoms with E-state index in [0.29, 0.717) is 49.7 Å². The number of ether oxygens (including phenoxy) is 1. The van der Waals surface area contributed by atoms with E-state index < -0.39 is 0 Å². The van der Waals surface area contributed by atoms with Gasteiger partial charge in [-0.05, 0) is 12.1 Å². The van der Waals surface area contributed by atoms with Gasteiger partial charge in [-0.15, -0.1) is 10.2 Å². The average molecular weight is 383 g/mol. The van der Waals surface area contributed by atoms with Gasteiger partial charge in [-0.25, -0.2) is 0 Å². The molecule has 2 aliphatic rings. The van der Waals surface area contributed by atoms with Gasteiger partial charge in [0.05, 0.1) is 30.9 Å². The summed E-state index contributed by atoms with van der Waals surface area (Å²) in [5.74, 6) is 0.702. The van der Waals surface area contributed by atoms with Gasteiger partial charge in [0.15, 0.2) is 5.82 Å². The van der Waals surface area contributed by atoms with Crippen molar-refractivity contribution >= 4 is 17.7 Å². The Labute approximate surface area is 161 Å². The van der Waals surface area contributed by atoms with Crippen molar-refractivity contribution in [3.8, 4) is 0 Å². The lowest BCUT2D eigenvalue weighted by Gasteiger charge is -2.19. The lowest BCUT2D eigenvalue weighted by atomic mass is 10.1. The van der Waals surface area contributed by atoms with Gasteiger partial charge in [-0.2, -0.15) is 0 Å². The van der Waals surface area contributed by atoms with Crippen molar-refractivity contribution in [2.45, 2.75) is 25.9 Å². The van der Waals surface area contributed by atoms with Crippen LogP contribution in [-0.4, -0.2) is 69.1 Å². The molecule has 0 unspecified atom stereocenters. The van der Waals surface area contributed by atoms with Gasteiger partial charge >= 0.3 is 0 Å². The molecule has 3 amide bonds. The Morgan fingerprint density at radius 1 is 1.14 bits per heavy atom. The lowest BCUT2D eigenvalue weighted by molar-refractivity contribution is -0.130. The van der Waals surface area contributed by atoms with E-state index in [0.717, 1.165) is 10.7 Å². The van der Waals surface area contributed by atoms with Crippen molar-refractivity contribution in [1.82, 2.24) is 24.6 Å².